The molecule has 1 atom stereocenters. The SMILES string of the molecule is CCSCCCNC1CCCS(=O)(=O)C1. The zero-order chi connectivity index (χ0) is 11.1. The van der Waals surface area contributed by atoms with Crippen LogP contribution in [0.3, 0.4) is 0 Å². The van der Waals surface area contributed by atoms with Gasteiger partial charge in [0, 0.05) is 6.04 Å². The van der Waals surface area contributed by atoms with E-state index in [1.165, 1.54) is 5.75 Å². The molecule has 90 valence electrons. The average Bonchev–Trinajstić information content (AvgIpc) is 2.16. The third kappa shape index (κ3) is 5.78. The summed E-state index contributed by atoms with van der Waals surface area (Å²) in [6.07, 6.45) is 2.97. The first-order valence-corrected chi connectivity index (χ1v) is 8.63. The summed E-state index contributed by atoms with van der Waals surface area (Å²) in [5, 5.41) is 3.34. The van der Waals surface area contributed by atoms with Crippen LogP contribution in [0.2, 0.25) is 0 Å². The van der Waals surface area contributed by atoms with Crippen molar-refractivity contribution in [1.82, 2.24) is 5.32 Å². The Morgan fingerprint density at radius 1 is 1.47 bits per heavy atom. The molecule has 3 nitrogen and oxygen atoms in total. The van der Waals surface area contributed by atoms with Gasteiger partial charge >= 0.3 is 0 Å². The number of thioether (sulfide) groups is 1. The summed E-state index contributed by atoms with van der Waals surface area (Å²) in [6, 6.07) is 0.204. The monoisotopic (exact) mass is 251 g/mol. The maximum absolute atomic E-state index is 11.4. The molecule has 1 aliphatic heterocycles. The summed E-state index contributed by atoms with van der Waals surface area (Å²) >= 11 is 1.94. The molecule has 5 heteroatoms. The Balaban J connectivity index is 2.11. The van der Waals surface area contributed by atoms with Crippen LogP contribution in [0, 0.1) is 0 Å². The minimum absolute atomic E-state index is 0.204. The van der Waals surface area contributed by atoms with E-state index in [1.54, 1.807) is 0 Å². The van der Waals surface area contributed by atoms with Gasteiger partial charge < -0.3 is 5.32 Å². The first-order chi connectivity index (χ1) is 7.14. The van der Waals surface area contributed by atoms with Crippen molar-refractivity contribution in [2.45, 2.75) is 32.2 Å². The molecule has 0 aliphatic carbocycles. The summed E-state index contributed by atoms with van der Waals surface area (Å²) < 4.78 is 22.7. The summed E-state index contributed by atoms with van der Waals surface area (Å²) in [7, 11) is -2.75. The lowest BCUT2D eigenvalue weighted by atomic mass is 10.2. The van der Waals surface area contributed by atoms with Gasteiger partial charge in [0.1, 0.15) is 0 Å². The lowest BCUT2D eigenvalue weighted by Gasteiger charge is -2.22. The molecule has 1 N–H and O–H groups in total. The van der Waals surface area contributed by atoms with Crippen molar-refractivity contribution >= 4 is 21.6 Å². The third-order valence-electron chi connectivity index (χ3n) is 2.57. The van der Waals surface area contributed by atoms with Crippen molar-refractivity contribution in [3.63, 3.8) is 0 Å². The van der Waals surface area contributed by atoms with E-state index in [9.17, 15) is 8.42 Å². The Morgan fingerprint density at radius 2 is 2.27 bits per heavy atom. The van der Waals surface area contributed by atoms with E-state index in [2.05, 4.69) is 12.2 Å². The van der Waals surface area contributed by atoms with E-state index >= 15 is 0 Å². The molecule has 1 fully saturated rings. The Labute approximate surface area is 97.3 Å². The predicted molar refractivity (Wildman–Crippen MR) is 67.3 cm³/mol. The zero-order valence-electron chi connectivity index (χ0n) is 9.37. The molecule has 1 saturated heterocycles. The number of sulfone groups is 1. The maximum atomic E-state index is 11.4. The molecule has 1 rings (SSSR count). The minimum atomic E-state index is -2.75. The van der Waals surface area contributed by atoms with Crippen molar-refractivity contribution in [3.05, 3.63) is 0 Å². The Morgan fingerprint density at radius 3 is 2.93 bits per heavy atom. The second-order valence-corrected chi connectivity index (χ2v) is 7.58. The highest BCUT2D eigenvalue weighted by Gasteiger charge is 2.23. The van der Waals surface area contributed by atoms with Gasteiger partial charge in [0.25, 0.3) is 0 Å². The zero-order valence-corrected chi connectivity index (χ0v) is 11.0. The molecular formula is C10H21NO2S2. The van der Waals surface area contributed by atoms with E-state index in [-0.39, 0.29) is 6.04 Å². The van der Waals surface area contributed by atoms with Gasteiger partial charge in [-0.2, -0.15) is 11.8 Å². The smallest absolute Gasteiger partial charge is 0.151 e. The average molecular weight is 251 g/mol. The quantitative estimate of drug-likeness (QED) is 0.723. The second-order valence-electron chi connectivity index (χ2n) is 3.96. The highest BCUT2D eigenvalue weighted by atomic mass is 32.2. The maximum Gasteiger partial charge on any atom is 0.151 e. The molecule has 0 aromatic rings. The van der Waals surface area contributed by atoms with Crippen LogP contribution in [-0.4, -0.2) is 44.0 Å². The Bertz CT molecular complexity index is 265. The van der Waals surface area contributed by atoms with Crippen LogP contribution in [0.15, 0.2) is 0 Å². The lowest BCUT2D eigenvalue weighted by molar-refractivity contribution is 0.481. The molecule has 0 aromatic heterocycles. The molecule has 15 heavy (non-hydrogen) atoms. The van der Waals surface area contributed by atoms with E-state index in [1.807, 2.05) is 11.8 Å². The Kier molecular flexibility index (Phi) is 6.00. The molecule has 0 aromatic carbocycles. The van der Waals surface area contributed by atoms with Gasteiger partial charge in [0.15, 0.2) is 9.84 Å². The van der Waals surface area contributed by atoms with Crippen molar-refractivity contribution in [2.75, 3.05) is 29.6 Å². The van der Waals surface area contributed by atoms with Crippen molar-refractivity contribution < 1.29 is 8.42 Å². The molecule has 0 bridgehead atoms. The number of nitrogens with one attached hydrogen (secondary N) is 1. The first kappa shape index (κ1) is 13.3. The summed E-state index contributed by atoms with van der Waals surface area (Å²) in [5.74, 6) is 3.06. The fourth-order valence-corrected chi connectivity index (χ4v) is 4.12. The summed E-state index contributed by atoms with van der Waals surface area (Å²) in [4.78, 5) is 0. The fraction of sp³-hybridized carbons (Fsp3) is 1.00. The van der Waals surface area contributed by atoms with Crippen molar-refractivity contribution in [1.29, 1.82) is 0 Å². The van der Waals surface area contributed by atoms with Crippen molar-refractivity contribution in [2.24, 2.45) is 0 Å². The molecule has 1 unspecified atom stereocenters. The van der Waals surface area contributed by atoms with E-state index in [0.29, 0.717) is 11.5 Å². The van der Waals surface area contributed by atoms with Gasteiger partial charge in [-0.05, 0) is 37.3 Å². The molecule has 0 saturated carbocycles. The molecule has 0 amide bonds. The molecule has 0 radical (unpaired) electrons. The second kappa shape index (κ2) is 6.76. The van der Waals surface area contributed by atoms with Crippen molar-refractivity contribution in [3.8, 4) is 0 Å². The summed E-state index contributed by atoms with van der Waals surface area (Å²) in [6.45, 7) is 3.11. The predicted octanol–water partition coefficient (Wildman–Crippen LogP) is 1.30. The van der Waals surface area contributed by atoms with Gasteiger partial charge in [0.05, 0.1) is 11.5 Å². The van der Waals surface area contributed by atoms with Crippen LogP contribution < -0.4 is 5.32 Å². The van der Waals surface area contributed by atoms with E-state index in [0.717, 1.165) is 31.6 Å². The van der Waals surface area contributed by atoms with Gasteiger partial charge in [-0.1, -0.05) is 6.92 Å². The highest BCUT2D eigenvalue weighted by Crippen LogP contribution is 2.12. The molecular weight excluding hydrogens is 230 g/mol. The van der Waals surface area contributed by atoms with Crippen LogP contribution in [0.1, 0.15) is 26.2 Å². The lowest BCUT2D eigenvalue weighted by Crippen LogP contribution is -2.40. The highest BCUT2D eigenvalue weighted by molar-refractivity contribution is 7.99. The first-order valence-electron chi connectivity index (χ1n) is 5.65. The summed E-state index contributed by atoms with van der Waals surface area (Å²) in [5.41, 5.74) is 0. The standard InChI is InChI=1S/C10H21NO2S2/c1-2-14-7-4-6-11-10-5-3-8-15(12,13)9-10/h10-11H,2-9H2,1H3. The van der Waals surface area contributed by atoms with Crippen LogP contribution in [0.25, 0.3) is 0 Å². The van der Waals surface area contributed by atoms with Crippen LogP contribution >= 0.6 is 11.8 Å². The largest absolute Gasteiger partial charge is 0.313 e. The van der Waals surface area contributed by atoms with Gasteiger partial charge in [-0.25, -0.2) is 8.42 Å². The van der Waals surface area contributed by atoms with E-state index < -0.39 is 9.84 Å². The van der Waals surface area contributed by atoms with Crippen LogP contribution in [0.5, 0.6) is 0 Å². The molecule has 0 spiro atoms. The Hall–Kier alpha value is 0.260. The number of hydrogen-bond acceptors (Lipinski definition) is 4. The molecule has 1 heterocycles. The van der Waals surface area contributed by atoms with Crippen LogP contribution in [0.4, 0.5) is 0 Å². The van der Waals surface area contributed by atoms with E-state index in [4.69, 9.17) is 0 Å². The third-order valence-corrected chi connectivity index (χ3v) is 5.37. The van der Waals surface area contributed by atoms with Crippen LogP contribution in [-0.2, 0) is 9.84 Å². The fourth-order valence-electron chi connectivity index (χ4n) is 1.81. The van der Waals surface area contributed by atoms with Gasteiger partial charge in [-0.3, -0.25) is 0 Å². The number of hydrogen-bond donors (Lipinski definition) is 1. The van der Waals surface area contributed by atoms with Gasteiger partial charge in [-0.15, -0.1) is 0 Å². The topological polar surface area (TPSA) is 46.2 Å². The minimum Gasteiger partial charge on any atom is -0.313 e. The molecule has 1 aliphatic rings. The number of rotatable bonds is 6. The normalized spacial score (nSPS) is 25.3. The van der Waals surface area contributed by atoms with Gasteiger partial charge in [0.2, 0.25) is 0 Å².